The number of hydrogen-bond donors (Lipinski definition) is 0. The van der Waals surface area contributed by atoms with Gasteiger partial charge in [-0.05, 0) is 35.2 Å². The first-order chi connectivity index (χ1) is 7.72. The molecule has 5 heteroatoms. The molecule has 1 aliphatic carbocycles. The van der Waals surface area contributed by atoms with Crippen LogP contribution < -0.4 is 0 Å². The van der Waals surface area contributed by atoms with Gasteiger partial charge in [0.25, 0.3) is 0 Å². The summed E-state index contributed by atoms with van der Waals surface area (Å²) in [6.45, 7) is 1.55. The maximum absolute atomic E-state index is 5.11. The van der Waals surface area contributed by atoms with Crippen molar-refractivity contribution >= 4 is 31.9 Å². The van der Waals surface area contributed by atoms with E-state index in [1.54, 1.807) is 7.11 Å². The highest BCUT2D eigenvalue weighted by molar-refractivity contribution is 9.10. The van der Waals surface area contributed by atoms with Crippen LogP contribution >= 0.6 is 31.9 Å². The number of ether oxygens (including phenoxy) is 1. The van der Waals surface area contributed by atoms with Crippen LogP contribution in [0.4, 0.5) is 0 Å². The Morgan fingerprint density at radius 3 is 3.00 bits per heavy atom. The van der Waals surface area contributed by atoms with Gasteiger partial charge in [0.1, 0.15) is 0 Å². The van der Waals surface area contributed by atoms with Crippen molar-refractivity contribution < 1.29 is 4.74 Å². The van der Waals surface area contributed by atoms with E-state index in [1.165, 1.54) is 25.0 Å². The molecule has 0 radical (unpaired) electrons. The smallest absolute Gasteiger partial charge is 0.0658 e. The molecule has 1 fully saturated rings. The molecule has 3 nitrogen and oxygen atoms in total. The van der Waals surface area contributed by atoms with E-state index in [-0.39, 0.29) is 0 Å². The van der Waals surface area contributed by atoms with E-state index < -0.39 is 0 Å². The highest BCUT2D eigenvalue weighted by atomic mass is 79.9. The van der Waals surface area contributed by atoms with E-state index in [0.29, 0.717) is 17.4 Å². The third kappa shape index (κ3) is 2.68. The van der Waals surface area contributed by atoms with Crippen molar-refractivity contribution in [1.82, 2.24) is 9.78 Å². The van der Waals surface area contributed by atoms with Crippen LogP contribution in [0.3, 0.4) is 0 Å². The van der Waals surface area contributed by atoms with Gasteiger partial charge in [0, 0.05) is 17.9 Å². The number of methoxy groups -OCH3 is 1. The van der Waals surface area contributed by atoms with E-state index in [4.69, 9.17) is 4.74 Å². The molecule has 0 aromatic carbocycles. The number of hydrogen-bond acceptors (Lipinski definition) is 2. The second kappa shape index (κ2) is 5.65. The van der Waals surface area contributed by atoms with E-state index in [9.17, 15) is 0 Å². The third-order valence-corrected chi connectivity index (χ3v) is 4.54. The Labute approximate surface area is 113 Å². The molecule has 0 aliphatic heterocycles. The summed E-state index contributed by atoms with van der Waals surface area (Å²) in [7, 11) is 1.72. The lowest BCUT2D eigenvalue weighted by molar-refractivity contribution is 0.182. The fraction of sp³-hybridized carbons (Fsp3) is 0.727. The van der Waals surface area contributed by atoms with Gasteiger partial charge in [0.2, 0.25) is 0 Å². The lowest BCUT2D eigenvalue weighted by Gasteiger charge is -2.13. The first-order valence-corrected chi connectivity index (χ1v) is 7.27. The molecule has 1 saturated carbocycles. The SMILES string of the molecule is COCCn1ncc(Br)c1C1CCC(Br)C1. The molecule has 2 atom stereocenters. The maximum Gasteiger partial charge on any atom is 0.0658 e. The lowest BCUT2D eigenvalue weighted by atomic mass is 10.0. The largest absolute Gasteiger partial charge is 0.383 e. The molecule has 0 amide bonds. The summed E-state index contributed by atoms with van der Waals surface area (Å²) in [6, 6.07) is 0. The van der Waals surface area contributed by atoms with Gasteiger partial charge in [-0.3, -0.25) is 4.68 Å². The molecule has 2 rings (SSSR count). The van der Waals surface area contributed by atoms with E-state index in [2.05, 4.69) is 41.6 Å². The van der Waals surface area contributed by atoms with Crippen LogP contribution in [0, 0.1) is 0 Å². The molecule has 2 unspecified atom stereocenters. The number of aromatic nitrogens is 2. The van der Waals surface area contributed by atoms with Crippen LogP contribution in [0.5, 0.6) is 0 Å². The number of halogens is 2. The van der Waals surface area contributed by atoms with Crippen LogP contribution in [-0.2, 0) is 11.3 Å². The summed E-state index contributed by atoms with van der Waals surface area (Å²) >= 11 is 7.30. The summed E-state index contributed by atoms with van der Waals surface area (Å²) < 4.78 is 8.32. The summed E-state index contributed by atoms with van der Waals surface area (Å²) in [5, 5.41) is 4.40. The van der Waals surface area contributed by atoms with Crippen LogP contribution in [0.25, 0.3) is 0 Å². The molecule has 0 saturated heterocycles. The van der Waals surface area contributed by atoms with Crippen molar-refractivity contribution in [2.45, 2.75) is 36.6 Å². The van der Waals surface area contributed by atoms with E-state index in [1.807, 2.05) is 6.20 Å². The summed E-state index contributed by atoms with van der Waals surface area (Å²) in [5.41, 5.74) is 1.33. The van der Waals surface area contributed by atoms with Crippen LogP contribution in [0.15, 0.2) is 10.7 Å². The Morgan fingerprint density at radius 2 is 2.38 bits per heavy atom. The number of nitrogens with zero attached hydrogens (tertiary/aromatic N) is 2. The van der Waals surface area contributed by atoms with Crippen molar-refractivity contribution in [2.24, 2.45) is 0 Å². The summed E-state index contributed by atoms with van der Waals surface area (Å²) in [5.74, 6) is 0.623. The van der Waals surface area contributed by atoms with Crippen molar-refractivity contribution in [1.29, 1.82) is 0 Å². The molecule has 1 aliphatic rings. The average Bonchev–Trinajstić information content (AvgIpc) is 2.82. The summed E-state index contributed by atoms with van der Waals surface area (Å²) in [4.78, 5) is 0.662. The van der Waals surface area contributed by atoms with E-state index >= 15 is 0 Å². The fourth-order valence-electron chi connectivity index (χ4n) is 2.31. The topological polar surface area (TPSA) is 27.1 Å². The van der Waals surface area contributed by atoms with Gasteiger partial charge in [-0.1, -0.05) is 15.9 Å². The lowest BCUT2D eigenvalue weighted by Crippen LogP contribution is -2.12. The van der Waals surface area contributed by atoms with Crippen molar-refractivity contribution in [3.63, 3.8) is 0 Å². The van der Waals surface area contributed by atoms with Crippen LogP contribution in [0.1, 0.15) is 30.9 Å². The normalized spacial score (nSPS) is 25.2. The van der Waals surface area contributed by atoms with Crippen LogP contribution in [-0.4, -0.2) is 28.3 Å². The Morgan fingerprint density at radius 1 is 1.56 bits per heavy atom. The highest BCUT2D eigenvalue weighted by Gasteiger charge is 2.28. The molecule has 0 spiro atoms. The van der Waals surface area contributed by atoms with Gasteiger partial charge in [0.15, 0.2) is 0 Å². The molecule has 1 heterocycles. The Kier molecular flexibility index (Phi) is 4.44. The minimum absolute atomic E-state index is 0.623. The maximum atomic E-state index is 5.11. The Hall–Kier alpha value is 0.130. The van der Waals surface area contributed by atoms with Crippen molar-refractivity contribution in [2.75, 3.05) is 13.7 Å². The zero-order valence-electron chi connectivity index (χ0n) is 9.33. The van der Waals surface area contributed by atoms with Gasteiger partial charge < -0.3 is 4.74 Å². The predicted molar refractivity (Wildman–Crippen MR) is 71.1 cm³/mol. The minimum Gasteiger partial charge on any atom is -0.383 e. The average molecular weight is 352 g/mol. The predicted octanol–water partition coefficient (Wildman–Crippen LogP) is 3.32. The monoisotopic (exact) mass is 350 g/mol. The van der Waals surface area contributed by atoms with Gasteiger partial charge in [-0.2, -0.15) is 5.10 Å². The van der Waals surface area contributed by atoms with Crippen LogP contribution in [0.2, 0.25) is 0 Å². The quantitative estimate of drug-likeness (QED) is 0.778. The fourth-order valence-corrected chi connectivity index (χ4v) is 3.64. The molecule has 0 bridgehead atoms. The van der Waals surface area contributed by atoms with Gasteiger partial charge in [-0.25, -0.2) is 0 Å². The standard InChI is InChI=1S/C11H16Br2N2O/c1-16-5-4-15-11(10(13)7-14-15)8-2-3-9(12)6-8/h7-9H,2-6H2,1H3. The second-order valence-corrected chi connectivity index (χ2v) is 6.35. The van der Waals surface area contributed by atoms with Crippen molar-refractivity contribution in [3.05, 3.63) is 16.4 Å². The molecular weight excluding hydrogens is 336 g/mol. The molecule has 1 aromatic rings. The Balaban J connectivity index is 2.14. The molecular formula is C11H16Br2N2O. The number of alkyl halides is 1. The number of rotatable bonds is 4. The second-order valence-electron chi connectivity index (χ2n) is 4.20. The third-order valence-electron chi connectivity index (χ3n) is 3.10. The first kappa shape index (κ1) is 12.6. The first-order valence-electron chi connectivity index (χ1n) is 5.56. The zero-order valence-corrected chi connectivity index (χ0v) is 12.5. The van der Waals surface area contributed by atoms with Crippen molar-refractivity contribution in [3.8, 4) is 0 Å². The van der Waals surface area contributed by atoms with E-state index in [0.717, 1.165) is 11.0 Å². The molecule has 90 valence electrons. The van der Waals surface area contributed by atoms with Gasteiger partial charge in [-0.15, -0.1) is 0 Å². The molecule has 16 heavy (non-hydrogen) atoms. The molecule has 0 N–H and O–H groups in total. The summed E-state index contributed by atoms with van der Waals surface area (Å²) in [6.07, 6.45) is 5.60. The Bertz CT molecular complexity index is 354. The van der Waals surface area contributed by atoms with Gasteiger partial charge in [0.05, 0.1) is 29.5 Å². The minimum atomic E-state index is 0.623. The zero-order chi connectivity index (χ0) is 11.5. The highest BCUT2D eigenvalue weighted by Crippen LogP contribution is 2.40. The van der Waals surface area contributed by atoms with Gasteiger partial charge >= 0.3 is 0 Å². The molecule has 1 aromatic heterocycles.